The van der Waals surface area contributed by atoms with Crippen LogP contribution in [0.1, 0.15) is 54.9 Å². The Kier molecular flexibility index (Phi) is 5.55. The monoisotopic (exact) mass is 264 g/mol. The minimum Gasteiger partial charge on any atom is -0.497 e. The highest BCUT2D eigenvalue weighted by atomic mass is 16.5. The number of carboxylic acid groups (broad SMARTS) is 1. The maximum Gasteiger partial charge on any atom is 0.303 e. The molecule has 1 aromatic carbocycles. The predicted molar refractivity (Wildman–Crippen MR) is 72.9 cm³/mol. The van der Waals surface area contributed by atoms with Crippen molar-refractivity contribution in [3.8, 4) is 5.75 Å². The highest BCUT2D eigenvalue weighted by molar-refractivity contribution is 5.98. The van der Waals surface area contributed by atoms with E-state index in [1.54, 1.807) is 19.2 Å². The summed E-state index contributed by atoms with van der Waals surface area (Å²) >= 11 is 0. The summed E-state index contributed by atoms with van der Waals surface area (Å²) in [5.74, 6) is 0.0681. The van der Waals surface area contributed by atoms with Crippen molar-refractivity contribution in [3.05, 3.63) is 29.3 Å². The van der Waals surface area contributed by atoms with Gasteiger partial charge in [0.2, 0.25) is 0 Å². The van der Waals surface area contributed by atoms with E-state index < -0.39 is 5.97 Å². The van der Waals surface area contributed by atoms with E-state index in [4.69, 9.17) is 9.84 Å². The maximum atomic E-state index is 12.1. The van der Waals surface area contributed by atoms with Crippen molar-refractivity contribution in [2.45, 2.75) is 39.0 Å². The van der Waals surface area contributed by atoms with Gasteiger partial charge in [-0.15, -0.1) is 0 Å². The number of rotatable bonds is 7. The van der Waals surface area contributed by atoms with Crippen molar-refractivity contribution in [2.75, 3.05) is 7.11 Å². The molecule has 4 heteroatoms. The number of methoxy groups -OCH3 is 1. The second-order valence-electron chi connectivity index (χ2n) is 4.78. The molecule has 0 radical (unpaired) electrons. The van der Waals surface area contributed by atoms with Crippen LogP contribution < -0.4 is 4.74 Å². The molecule has 0 spiro atoms. The van der Waals surface area contributed by atoms with Crippen molar-refractivity contribution in [3.63, 3.8) is 0 Å². The summed E-state index contributed by atoms with van der Waals surface area (Å²) in [4.78, 5) is 22.6. The van der Waals surface area contributed by atoms with Gasteiger partial charge in [0.05, 0.1) is 7.11 Å². The van der Waals surface area contributed by atoms with E-state index in [1.165, 1.54) is 0 Å². The van der Waals surface area contributed by atoms with Crippen molar-refractivity contribution in [2.24, 2.45) is 0 Å². The zero-order valence-corrected chi connectivity index (χ0v) is 11.6. The molecule has 104 valence electrons. The number of hydrogen-bond acceptors (Lipinski definition) is 3. The number of carboxylic acids is 1. The lowest BCUT2D eigenvalue weighted by Gasteiger charge is -2.13. The Balaban J connectivity index is 2.86. The van der Waals surface area contributed by atoms with Crippen LogP contribution in [0.2, 0.25) is 0 Å². The molecular weight excluding hydrogens is 244 g/mol. The summed E-state index contributed by atoms with van der Waals surface area (Å²) in [5.41, 5.74) is 1.61. The van der Waals surface area contributed by atoms with E-state index in [1.807, 2.05) is 19.9 Å². The van der Waals surface area contributed by atoms with Crippen LogP contribution >= 0.6 is 0 Å². The SMILES string of the molecule is COc1ccc(C(=O)CCCC(=O)O)c(C(C)C)c1. The molecule has 0 heterocycles. The normalized spacial score (nSPS) is 10.5. The van der Waals surface area contributed by atoms with Crippen LogP contribution in [-0.2, 0) is 4.79 Å². The molecule has 0 amide bonds. The molecule has 0 unspecified atom stereocenters. The first-order valence-electron chi connectivity index (χ1n) is 6.38. The van der Waals surface area contributed by atoms with Gasteiger partial charge in [-0.1, -0.05) is 13.8 Å². The van der Waals surface area contributed by atoms with Gasteiger partial charge in [0.25, 0.3) is 0 Å². The average molecular weight is 264 g/mol. The molecule has 0 aromatic heterocycles. The van der Waals surface area contributed by atoms with Gasteiger partial charge >= 0.3 is 5.97 Å². The summed E-state index contributed by atoms with van der Waals surface area (Å²) in [6, 6.07) is 5.39. The number of benzene rings is 1. The number of hydrogen-bond donors (Lipinski definition) is 1. The van der Waals surface area contributed by atoms with Gasteiger partial charge in [-0.25, -0.2) is 0 Å². The number of ketones is 1. The molecule has 0 aliphatic carbocycles. The fraction of sp³-hybridized carbons (Fsp3) is 0.467. The van der Waals surface area contributed by atoms with Gasteiger partial charge in [0, 0.05) is 18.4 Å². The number of ether oxygens (including phenoxy) is 1. The van der Waals surface area contributed by atoms with E-state index in [9.17, 15) is 9.59 Å². The van der Waals surface area contributed by atoms with Gasteiger partial charge < -0.3 is 9.84 Å². The summed E-state index contributed by atoms with van der Waals surface area (Å²) in [5, 5.41) is 8.58. The van der Waals surface area contributed by atoms with Crippen LogP contribution in [0.4, 0.5) is 0 Å². The number of carbonyl (C=O) groups is 2. The third-order valence-electron chi connectivity index (χ3n) is 2.98. The standard InChI is InChI=1S/C15H20O4/c1-10(2)13-9-11(19-3)7-8-12(13)14(16)5-4-6-15(17)18/h7-10H,4-6H2,1-3H3,(H,17,18). The molecule has 0 bridgehead atoms. The molecule has 0 saturated heterocycles. The van der Waals surface area contributed by atoms with Crippen LogP contribution in [0.25, 0.3) is 0 Å². The topological polar surface area (TPSA) is 63.6 Å². The van der Waals surface area contributed by atoms with Crippen LogP contribution in [0.3, 0.4) is 0 Å². The highest BCUT2D eigenvalue weighted by Crippen LogP contribution is 2.26. The minimum absolute atomic E-state index is 0.00685. The number of Topliss-reactive ketones (excluding diaryl/α,β-unsaturated/α-hetero) is 1. The summed E-state index contributed by atoms with van der Waals surface area (Å²) < 4.78 is 5.16. The van der Waals surface area contributed by atoms with Gasteiger partial charge in [0.15, 0.2) is 5.78 Å². The Hall–Kier alpha value is -1.84. The van der Waals surface area contributed by atoms with E-state index in [2.05, 4.69) is 0 Å². The minimum atomic E-state index is -0.869. The van der Waals surface area contributed by atoms with Gasteiger partial charge in [0.1, 0.15) is 5.75 Å². The predicted octanol–water partition coefficient (Wildman–Crippen LogP) is 3.26. The van der Waals surface area contributed by atoms with Gasteiger partial charge in [-0.05, 0) is 36.1 Å². The van der Waals surface area contributed by atoms with E-state index in [0.29, 0.717) is 12.0 Å². The van der Waals surface area contributed by atoms with E-state index in [0.717, 1.165) is 11.3 Å². The maximum absolute atomic E-state index is 12.1. The smallest absolute Gasteiger partial charge is 0.303 e. The molecular formula is C15H20O4. The molecule has 0 aliphatic heterocycles. The molecule has 1 aromatic rings. The van der Waals surface area contributed by atoms with Crippen LogP contribution in [0.15, 0.2) is 18.2 Å². The van der Waals surface area contributed by atoms with Crippen molar-refractivity contribution < 1.29 is 19.4 Å². The molecule has 1 N–H and O–H groups in total. The molecule has 0 fully saturated rings. The molecule has 0 saturated carbocycles. The first-order valence-corrected chi connectivity index (χ1v) is 6.38. The molecule has 0 aliphatic rings. The zero-order chi connectivity index (χ0) is 14.4. The number of aliphatic carboxylic acids is 1. The Morgan fingerprint density at radius 2 is 1.95 bits per heavy atom. The lowest BCUT2D eigenvalue weighted by atomic mass is 9.92. The van der Waals surface area contributed by atoms with Crippen LogP contribution in [-0.4, -0.2) is 24.0 Å². The third-order valence-corrected chi connectivity index (χ3v) is 2.98. The van der Waals surface area contributed by atoms with Crippen molar-refractivity contribution in [1.82, 2.24) is 0 Å². The average Bonchev–Trinajstić information content (AvgIpc) is 2.37. The second-order valence-corrected chi connectivity index (χ2v) is 4.78. The summed E-state index contributed by atoms with van der Waals surface area (Å²) in [7, 11) is 1.59. The summed E-state index contributed by atoms with van der Waals surface area (Å²) in [6.07, 6.45) is 0.662. The number of carbonyl (C=O) groups excluding carboxylic acids is 1. The fourth-order valence-electron chi connectivity index (χ4n) is 1.93. The van der Waals surface area contributed by atoms with E-state index >= 15 is 0 Å². The fourth-order valence-corrected chi connectivity index (χ4v) is 1.93. The molecule has 4 nitrogen and oxygen atoms in total. The molecule has 0 atom stereocenters. The van der Waals surface area contributed by atoms with Crippen LogP contribution in [0, 0.1) is 0 Å². The lowest BCUT2D eigenvalue weighted by molar-refractivity contribution is -0.137. The summed E-state index contributed by atoms with van der Waals surface area (Å²) in [6.45, 7) is 4.03. The second kappa shape index (κ2) is 6.92. The largest absolute Gasteiger partial charge is 0.497 e. The first-order chi connectivity index (χ1) is 8.95. The Morgan fingerprint density at radius 3 is 2.47 bits per heavy atom. The van der Waals surface area contributed by atoms with Crippen LogP contribution in [0.5, 0.6) is 5.75 Å². The quantitative estimate of drug-likeness (QED) is 0.768. The van der Waals surface area contributed by atoms with Gasteiger partial charge in [-0.2, -0.15) is 0 Å². The van der Waals surface area contributed by atoms with E-state index in [-0.39, 0.29) is 24.5 Å². The molecule has 19 heavy (non-hydrogen) atoms. The third kappa shape index (κ3) is 4.39. The Labute approximate surface area is 113 Å². The van der Waals surface area contributed by atoms with Crippen molar-refractivity contribution >= 4 is 11.8 Å². The van der Waals surface area contributed by atoms with Gasteiger partial charge in [-0.3, -0.25) is 9.59 Å². The zero-order valence-electron chi connectivity index (χ0n) is 11.6. The molecule has 1 rings (SSSR count). The lowest BCUT2D eigenvalue weighted by Crippen LogP contribution is -2.06. The first kappa shape index (κ1) is 15.2. The highest BCUT2D eigenvalue weighted by Gasteiger charge is 2.15. The Morgan fingerprint density at radius 1 is 1.26 bits per heavy atom. The Bertz CT molecular complexity index is 463. The van der Waals surface area contributed by atoms with Crippen molar-refractivity contribution in [1.29, 1.82) is 0 Å².